The fourth-order valence-corrected chi connectivity index (χ4v) is 4.32. The summed E-state index contributed by atoms with van der Waals surface area (Å²) in [6.45, 7) is 10.4. The number of oxime groups is 1. The van der Waals surface area contributed by atoms with E-state index < -0.39 is 23.9 Å². The number of hydrogen-bond donors (Lipinski definition) is 1. The van der Waals surface area contributed by atoms with Crippen molar-refractivity contribution < 1.29 is 24.1 Å². The van der Waals surface area contributed by atoms with E-state index in [4.69, 9.17) is 15.4 Å². The van der Waals surface area contributed by atoms with Crippen LogP contribution >= 0.6 is 0 Å². The molecule has 0 bridgehead atoms. The van der Waals surface area contributed by atoms with Crippen LogP contribution in [0.15, 0.2) is 35.5 Å². The van der Waals surface area contributed by atoms with Gasteiger partial charge in [-0.15, -0.1) is 0 Å². The summed E-state index contributed by atoms with van der Waals surface area (Å²) in [4.78, 5) is 45.2. The van der Waals surface area contributed by atoms with Gasteiger partial charge in [0.2, 0.25) is 0 Å². The second-order valence-corrected chi connectivity index (χ2v) is 8.25. The Labute approximate surface area is 198 Å². The monoisotopic (exact) mass is 466 g/mol. The minimum Gasteiger partial charge on any atom is -0.399 e. The number of carbonyl (C=O) groups excluding carboxylic acids is 3. The molecule has 0 saturated carbocycles. The third-order valence-corrected chi connectivity index (χ3v) is 5.65. The minimum atomic E-state index is -0.608. The van der Waals surface area contributed by atoms with Crippen molar-refractivity contribution in [1.29, 1.82) is 0 Å². The number of carbonyl (C=O) groups is 3. The lowest BCUT2D eigenvalue weighted by atomic mass is 9.95. The van der Waals surface area contributed by atoms with Crippen molar-refractivity contribution in [2.24, 2.45) is 5.16 Å². The van der Waals surface area contributed by atoms with Gasteiger partial charge in [-0.2, -0.15) is 5.06 Å². The van der Waals surface area contributed by atoms with Gasteiger partial charge in [0.15, 0.2) is 0 Å². The van der Waals surface area contributed by atoms with Crippen LogP contribution in [0.3, 0.4) is 0 Å². The summed E-state index contributed by atoms with van der Waals surface area (Å²) >= 11 is 0. The standard InChI is InChI=1S/C25H30N4O5/c1-7-28-23-10-8-19(26)13-21(23)25-15(3)20(9-11-24(25)28)22(27-33-17(5)31)12-14(2)29(16(4)30)34-18(6)32/h8-11,13-14H,7,12,26H2,1-6H3/b27-22+. The number of nitrogens with zero attached hydrogens (tertiary/aromatic N) is 3. The van der Waals surface area contributed by atoms with Crippen LogP contribution in [0, 0.1) is 6.92 Å². The zero-order valence-electron chi connectivity index (χ0n) is 20.3. The zero-order chi connectivity index (χ0) is 25.2. The van der Waals surface area contributed by atoms with E-state index in [1.54, 1.807) is 6.92 Å². The molecule has 0 spiro atoms. The summed E-state index contributed by atoms with van der Waals surface area (Å²) in [5, 5.41) is 7.14. The van der Waals surface area contributed by atoms with Crippen LogP contribution in [0.4, 0.5) is 5.69 Å². The lowest BCUT2D eigenvalue weighted by molar-refractivity contribution is -0.202. The minimum absolute atomic E-state index is 0.182. The van der Waals surface area contributed by atoms with Crippen LogP contribution in [0.5, 0.6) is 0 Å². The molecule has 0 fully saturated rings. The number of fused-ring (bicyclic) bond motifs is 3. The van der Waals surface area contributed by atoms with E-state index in [2.05, 4.69) is 16.6 Å². The smallest absolute Gasteiger partial charge is 0.331 e. The Morgan fingerprint density at radius 3 is 2.35 bits per heavy atom. The van der Waals surface area contributed by atoms with Gasteiger partial charge >= 0.3 is 11.9 Å². The van der Waals surface area contributed by atoms with Crippen molar-refractivity contribution in [3.8, 4) is 0 Å². The number of aromatic nitrogens is 1. The van der Waals surface area contributed by atoms with Crippen LogP contribution in [-0.4, -0.2) is 39.2 Å². The van der Waals surface area contributed by atoms with Crippen LogP contribution in [0.25, 0.3) is 21.8 Å². The van der Waals surface area contributed by atoms with Crippen molar-refractivity contribution in [2.45, 2.75) is 60.5 Å². The predicted molar refractivity (Wildman–Crippen MR) is 131 cm³/mol. The molecule has 1 atom stereocenters. The maximum absolute atomic E-state index is 12.1. The fraction of sp³-hybridized carbons (Fsp3) is 0.360. The van der Waals surface area contributed by atoms with E-state index in [-0.39, 0.29) is 6.42 Å². The Morgan fingerprint density at radius 2 is 1.76 bits per heavy atom. The number of amides is 1. The molecule has 0 aliphatic carbocycles. The average Bonchev–Trinajstić information content (AvgIpc) is 3.08. The molecule has 1 amide bonds. The normalized spacial score (nSPS) is 12.6. The maximum atomic E-state index is 12.1. The summed E-state index contributed by atoms with van der Waals surface area (Å²) in [5.74, 6) is -1.60. The molecule has 9 heteroatoms. The first kappa shape index (κ1) is 24.8. The molecule has 9 nitrogen and oxygen atoms in total. The van der Waals surface area contributed by atoms with E-state index in [1.807, 2.05) is 37.3 Å². The van der Waals surface area contributed by atoms with Gasteiger partial charge in [-0.05, 0) is 50.6 Å². The van der Waals surface area contributed by atoms with Gasteiger partial charge in [0.1, 0.15) is 0 Å². The highest BCUT2D eigenvalue weighted by atomic mass is 16.7. The number of benzene rings is 2. The number of aryl methyl sites for hydroxylation is 2. The molecule has 180 valence electrons. The molecule has 1 heterocycles. The van der Waals surface area contributed by atoms with Gasteiger partial charge in [-0.3, -0.25) is 9.59 Å². The Morgan fingerprint density at radius 1 is 1.09 bits per heavy atom. The second-order valence-electron chi connectivity index (χ2n) is 8.25. The molecule has 2 N–H and O–H groups in total. The predicted octanol–water partition coefficient (Wildman–Crippen LogP) is 4.08. The molecule has 0 radical (unpaired) electrons. The maximum Gasteiger partial charge on any atom is 0.331 e. The zero-order valence-corrected chi connectivity index (χ0v) is 20.3. The first-order valence-corrected chi connectivity index (χ1v) is 11.1. The van der Waals surface area contributed by atoms with Crippen molar-refractivity contribution in [3.63, 3.8) is 0 Å². The molecule has 2 aromatic carbocycles. The van der Waals surface area contributed by atoms with Gasteiger partial charge in [0, 0.05) is 66.8 Å². The lowest BCUT2D eigenvalue weighted by Crippen LogP contribution is -2.39. The van der Waals surface area contributed by atoms with Gasteiger partial charge in [0.25, 0.3) is 5.91 Å². The van der Waals surface area contributed by atoms with E-state index in [0.717, 1.165) is 44.5 Å². The third kappa shape index (κ3) is 4.88. The highest BCUT2D eigenvalue weighted by Gasteiger charge is 2.25. The van der Waals surface area contributed by atoms with E-state index in [0.29, 0.717) is 11.4 Å². The van der Waals surface area contributed by atoms with Gasteiger partial charge in [0.05, 0.1) is 11.8 Å². The van der Waals surface area contributed by atoms with Crippen molar-refractivity contribution in [1.82, 2.24) is 9.63 Å². The van der Waals surface area contributed by atoms with Crippen LogP contribution in [0.2, 0.25) is 0 Å². The van der Waals surface area contributed by atoms with Crippen LogP contribution in [0.1, 0.15) is 52.2 Å². The molecule has 1 unspecified atom stereocenters. The number of rotatable bonds is 6. The summed E-state index contributed by atoms with van der Waals surface area (Å²) < 4.78 is 2.21. The highest BCUT2D eigenvalue weighted by Crippen LogP contribution is 2.35. The second kappa shape index (κ2) is 9.94. The van der Waals surface area contributed by atoms with Crippen molar-refractivity contribution >= 4 is 51.1 Å². The van der Waals surface area contributed by atoms with E-state index in [1.165, 1.54) is 20.8 Å². The van der Waals surface area contributed by atoms with E-state index in [9.17, 15) is 14.4 Å². The molecular formula is C25H30N4O5. The highest BCUT2D eigenvalue weighted by molar-refractivity contribution is 6.14. The Bertz CT molecular complexity index is 1310. The molecular weight excluding hydrogens is 436 g/mol. The van der Waals surface area contributed by atoms with Gasteiger partial charge < -0.3 is 20.0 Å². The molecule has 0 saturated heterocycles. The van der Waals surface area contributed by atoms with E-state index >= 15 is 0 Å². The third-order valence-electron chi connectivity index (χ3n) is 5.65. The molecule has 0 aliphatic heterocycles. The average molecular weight is 467 g/mol. The van der Waals surface area contributed by atoms with Crippen LogP contribution in [-0.2, 0) is 30.6 Å². The van der Waals surface area contributed by atoms with Crippen molar-refractivity contribution in [2.75, 3.05) is 5.73 Å². The first-order chi connectivity index (χ1) is 16.0. The summed E-state index contributed by atoms with van der Waals surface area (Å²) in [7, 11) is 0. The Balaban J connectivity index is 2.17. The van der Waals surface area contributed by atoms with Crippen molar-refractivity contribution in [3.05, 3.63) is 41.5 Å². The molecule has 3 aromatic rings. The van der Waals surface area contributed by atoms with Crippen LogP contribution < -0.4 is 5.73 Å². The SMILES string of the molecule is CCn1c2ccc(N)cc2c2c(C)c(/C(CC(C)N(OC(C)=O)C(C)=O)=N/OC(C)=O)ccc21. The summed E-state index contributed by atoms with van der Waals surface area (Å²) in [6, 6.07) is 9.20. The molecule has 0 aliphatic rings. The molecule has 3 rings (SSSR count). The summed E-state index contributed by atoms with van der Waals surface area (Å²) in [5.41, 5.74) is 11.0. The fourth-order valence-electron chi connectivity index (χ4n) is 4.32. The molecule has 1 aromatic heterocycles. The number of hydrogen-bond acceptors (Lipinski definition) is 7. The number of anilines is 1. The largest absolute Gasteiger partial charge is 0.399 e. The topological polar surface area (TPSA) is 116 Å². The summed E-state index contributed by atoms with van der Waals surface area (Å²) in [6.07, 6.45) is 0.182. The number of hydroxylamine groups is 2. The van der Waals surface area contributed by atoms with Gasteiger partial charge in [-0.25, -0.2) is 4.79 Å². The Hall–Kier alpha value is -3.88. The number of nitrogen functional groups attached to an aromatic ring is 1. The lowest BCUT2D eigenvalue weighted by Gasteiger charge is -2.26. The quantitative estimate of drug-likeness (QED) is 0.253. The first-order valence-electron chi connectivity index (χ1n) is 11.1. The molecule has 34 heavy (non-hydrogen) atoms. The number of nitrogens with two attached hydrogens (primary N) is 1. The van der Waals surface area contributed by atoms with Gasteiger partial charge in [-0.1, -0.05) is 11.2 Å². The Kier molecular flexibility index (Phi) is 7.24.